The summed E-state index contributed by atoms with van der Waals surface area (Å²) in [5.74, 6) is -1.53. The SMILES string of the molecule is COC(=O)c1ncccc1C(=O)c1ccc(F)cc1. The lowest BCUT2D eigenvalue weighted by molar-refractivity contribution is 0.0590. The van der Waals surface area contributed by atoms with Crippen molar-refractivity contribution in [3.8, 4) is 0 Å². The maximum Gasteiger partial charge on any atom is 0.357 e. The highest BCUT2D eigenvalue weighted by molar-refractivity contribution is 6.13. The average molecular weight is 259 g/mol. The number of hydrogen-bond donors (Lipinski definition) is 0. The van der Waals surface area contributed by atoms with E-state index in [1.54, 1.807) is 6.07 Å². The fraction of sp³-hybridized carbons (Fsp3) is 0.0714. The van der Waals surface area contributed by atoms with E-state index in [0.29, 0.717) is 0 Å². The van der Waals surface area contributed by atoms with Crippen LogP contribution in [0, 0.1) is 5.82 Å². The molecule has 2 aromatic rings. The van der Waals surface area contributed by atoms with Crippen molar-refractivity contribution in [2.45, 2.75) is 0 Å². The van der Waals surface area contributed by atoms with Gasteiger partial charge in [-0.25, -0.2) is 14.2 Å². The quantitative estimate of drug-likeness (QED) is 0.626. The van der Waals surface area contributed by atoms with Crippen molar-refractivity contribution in [3.63, 3.8) is 0 Å². The molecule has 0 fully saturated rings. The highest BCUT2D eigenvalue weighted by atomic mass is 19.1. The number of carbonyl (C=O) groups excluding carboxylic acids is 2. The van der Waals surface area contributed by atoms with E-state index >= 15 is 0 Å². The summed E-state index contributed by atoms with van der Waals surface area (Å²) in [6, 6.07) is 8.09. The van der Waals surface area contributed by atoms with Crippen LogP contribution < -0.4 is 0 Å². The van der Waals surface area contributed by atoms with E-state index in [1.165, 1.54) is 43.6 Å². The molecule has 0 aliphatic heterocycles. The predicted molar refractivity (Wildman–Crippen MR) is 65.4 cm³/mol. The Hall–Kier alpha value is -2.56. The van der Waals surface area contributed by atoms with Crippen LogP contribution in [0.5, 0.6) is 0 Å². The second kappa shape index (κ2) is 5.39. The molecule has 0 spiro atoms. The molecule has 0 N–H and O–H groups in total. The molecule has 0 aliphatic carbocycles. The fourth-order valence-electron chi connectivity index (χ4n) is 1.60. The molecule has 1 aromatic heterocycles. The van der Waals surface area contributed by atoms with E-state index in [1.807, 2.05) is 0 Å². The van der Waals surface area contributed by atoms with Gasteiger partial charge in [0.25, 0.3) is 0 Å². The molecule has 0 radical (unpaired) electrons. The molecule has 0 saturated carbocycles. The van der Waals surface area contributed by atoms with E-state index in [-0.39, 0.29) is 16.8 Å². The van der Waals surface area contributed by atoms with Gasteiger partial charge in [0.1, 0.15) is 5.82 Å². The van der Waals surface area contributed by atoms with Crippen molar-refractivity contribution in [1.29, 1.82) is 0 Å². The summed E-state index contributed by atoms with van der Waals surface area (Å²) in [7, 11) is 1.21. The number of methoxy groups -OCH3 is 1. The molecule has 0 unspecified atom stereocenters. The number of halogens is 1. The van der Waals surface area contributed by atoms with Gasteiger partial charge >= 0.3 is 5.97 Å². The summed E-state index contributed by atoms with van der Waals surface area (Å²) in [6.07, 6.45) is 1.40. The van der Waals surface area contributed by atoms with Gasteiger partial charge in [-0.3, -0.25) is 4.79 Å². The molecule has 19 heavy (non-hydrogen) atoms. The van der Waals surface area contributed by atoms with E-state index in [9.17, 15) is 14.0 Å². The number of ketones is 1. The molecule has 4 nitrogen and oxygen atoms in total. The van der Waals surface area contributed by atoms with Crippen molar-refractivity contribution < 1.29 is 18.7 Å². The van der Waals surface area contributed by atoms with Crippen molar-refractivity contribution in [2.24, 2.45) is 0 Å². The zero-order chi connectivity index (χ0) is 13.8. The van der Waals surface area contributed by atoms with E-state index in [4.69, 9.17) is 0 Å². The third-order valence-electron chi connectivity index (χ3n) is 2.54. The predicted octanol–water partition coefficient (Wildman–Crippen LogP) is 2.24. The van der Waals surface area contributed by atoms with Gasteiger partial charge in [-0.2, -0.15) is 0 Å². The number of rotatable bonds is 3. The monoisotopic (exact) mass is 259 g/mol. The van der Waals surface area contributed by atoms with Gasteiger partial charge in [0.15, 0.2) is 11.5 Å². The first-order valence-electron chi connectivity index (χ1n) is 5.47. The normalized spacial score (nSPS) is 10.0. The maximum absolute atomic E-state index is 12.8. The number of pyridine rings is 1. The molecule has 2 rings (SSSR count). The van der Waals surface area contributed by atoms with Crippen LogP contribution in [0.4, 0.5) is 4.39 Å². The summed E-state index contributed by atoms with van der Waals surface area (Å²) in [5.41, 5.74) is 0.347. The Morgan fingerprint density at radius 2 is 1.84 bits per heavy atom. The molecule has 0 atom stereocenters. The fourth-order valence-corrected chi connectivity index (χ4v) is 1.60. The zero-order valence-electron chi connectivity index (χ0n) is 10.1. The number of aromatic nitrogens is 1. The molecule has 1 heterocycles. The van der Waals surface area contributed by atoms with Gasteiger partial charge < -0.3 is 4.74 Å². The number of esters is 1. The van der Waals surface area contributed by atoms with Gasteiger partial charge in [0, 0.05) is 11.8 Å². The summed E-state index contributed by atoms with van der Waals surface area (Å²) in [6.45, 7) is 0. The number of carbonyl (C=O) groups is 2. The van der Waals surface area contributed by atoms with Crippen LogP contribution in [0.15, 0.2) is 42.6 Å². The third-order valence-corrected chi connectivity index (χ3v) is 2.54. The van der Waals surface area contributed by atoms with E-state index in [0.717, 1.165) is 0 Å². The highest BCUT2D eigenvalue weighted by Crippen LogP contribution is 2.14. The Balaban J connectivity index is 2.44. The first-order valence-corrected chi connectivity index (χ1v) is 5.47. The molecule has 0 bridgehead atoms. The molecular formula is C14H10FNO3. The standard InChI is InChI=1S/C14H10FNO3/c1-19-14(18)12-11(3-2-8-16-12)13(17)9-4-6-10(15)7-5-9/h2-8H,1H3. The summed E-state index contributed by atoms with van der Waals surface area (Å²) in [4.78, 5) is 27.6. The molecule has 0 amide bonds. The Labute approximate surface area is 108 Å². The van der Waals surface area contributed by atoms with Gasteiger partial charge in [0.05, 0.1) is 12.7 Å². The van der Waals surface area contributed by atoms with Crippen LogP contribution in [0.25, 0.3) is 0 Å². The number of ether oxygens (including phenoxy) is 1. The van der Waals surface area contributed by atoms with Gasteiger partial charge in [-0.1, -0.05) is 0 Å². The zero-order valence-corrected chi connectivity index (χ0v) is 10.1. The lowest BCUT2D eigenvalue weighted by Gasteiger charge is -2.05. The Morgan fingerprint density at radius 3 is 2.47 bits per heavy atom. The van der Waals surface area contributed by atoms with Gasteiger partial charge in [0.2, 0.25) is 0 Å². The van der Waals surface area contributed by atoms with Crippen LogP contribution >= 0.6 is 0 Å². The smallest absolute Gasteiger partial charge is 0.357 e. The van der Waals surface area contributed by atoms with Crippen LogP contribution in [0.1, 0.15) is 26.4 Å². The second-order valence-electron chi connectivity index (χ2n) is 3.73. The van der Waals surface area contributed by atoms with Crippen LogP contribution in [0.2, 0.25) is 0 Å². The van der Waals surface area contributed by atoms with Crippen molar-refractivity contribution in [2.75, 3.05) is 7.11 Å². The van der Waals surface area contributed by atoms with Gasteiger partial charge in [-0.05, 0) is 36.4 Å². The molecule has 96 valence electrons. The largest absolute Gasteiger partial charge is 0.464 e. The molecule has 0 saturated heterocycles. The third kappa shape index (κ3) is 2.65. The van der Waals surface area contributed by atoms with Crippen LogP contribution in [-0.4, -0.2) is 23.8 Å². The van der Waals surface area contributed by atoms with Crippen molar-refractivity contribution >= 4 is 11.8 Å². The first-order chi connectivity index (χ1) is 9.13. The lowest BCUT2D eigenvalue weighted by Crippen LogP contribution is -2.13. The number of hydrogen-bond acceptors (Lipinski definition) is 4. The number of nitrogens with zero attached hydrogens (tertiary/aromatic N) is 1. The summed E-state index contributed by atoms with van der Waals surface area (Å²) < 4.78 is 17.4. The minimum Gasteiger partial charge on any atom is -0.464 e. The number of benzene rings is 1. The molecule has 0 aliphatic rings. The topological polar surface area (TPSA) is 56.3 Å². The highest BCUT2D eigenvalue weighted by Gasteiger charge is 2.19. The van der Waals surface area contributed by atoms with Gasteiger partial charge in [-0.15, -0.1) is 0 Å². The minimum absolute atomic E-state index is 0.0562. The Morgan fingerprint density at radius 1 is 1.16 bits per heavy atom. The molecular weight excluding hydrogens is 249 g/mol. The summed E-state index contributed by atoms with van der Waals surface area (Å²) >= 11 is 0. The van der Waals surface area contributed by atoms with Crippen molar-refractivity contribution in [1.82, 2.24) is 4.98 Å². The molecule has 1 aromatic carbocycles. The lowest BCUT2D eigenvalue weighted by atomic mass is 10.0. The van der Waals surface area contributed by atoms with E-state index < -0.39 is 17.6 Å². The van der Waals surface area contributed by atoms with Crippen LogP contribution in [0.3, 0.4) is 0 Å². The second-order valence-corrected chi connectivity index (χ2v) is 3.73. The van der Waals surface area contributed by atoms with Crippen LogP contribution in [-0.2, 0) is 4.74 Å². The Bertz CT molecular complexity index is 623. The summed E-state index contributed by atoms with van der Waals surface area (Å²) in [5, 5.41) is 0. The van der Waals surface area contributed by atoms with E-state index in [2.05, 4.69) is 9.72 Å². The minimum atomic E-state index is -0.689. The van der Waals surface area contributed by atoms with Crippen molar-refractivity contribution in [3.05, 3.63) is 65.2 Å². The Kier molecular flexibility index (Phi) is 3.66. The maximum atomic E-state index is 12.8. The average Bonchev–Trinajstić information content (AvgIpc) is 2.46. The first kappa shape index (κ1) is 12.9. The molecule has 5 heteroatoms.